The Balaban J connectivity index is 2.03. The van der Waals surface area contributed by atoms with E-state index >= 15 is 0 Å². The number of rotatable bonds is 3. The molecule has 1 aliphatic heterocycles. The molecule has 16 heavy (non-hydrogen) atoms. The minimum atomic E-state index is 0.391. The Labute approximate surface area is 110 Å². The zero-order valence-corrected chi connectivity index (χ0v) is 10.9. The van der Waals surface area contributed by atoms with Crippen LogP contribution in [-0.4, -0.2) is 19.2 Å². The Morgan fingerprint density at radius 3 is 2.50 bits per heavy atom. The molecule has 5 heteroatoms. The van der Waals surface area contributed by atoms with Crippen molar-refractivity contribution in [2.45, 2.75) is 18.9 Å². The Kier molecular flexibility index (Phi) is 4.20. The van der Waals surface area contributed by atoms with E-state index in [1.54, 1.807) is 12.1 Å². The first-order chi connectivity index (χ1) is 7.66. The van der Waals surface area contributed by atoms with Crippen LogP contribution in [0, 0.1) is 0 Å². The highest BCUT2D eigenvalue weighted by Gasteiger charge is 2.16. The maximum atomic E-state index is 6.01. The summed E-state index contributed by atoms with van der Waals surface area (Å²) >= 11 is 17.8. The van der Waals surface area contributed by atoms with Crippen LogP contribution in [0.2, 0.25) is 15.1 Å². The van der Waals surface area contributed by atoms with Gasteiger partial charge < -0.3 is 10.1 Å². The molecule has 0 saturated carbocycles. The molecule has 1 heterocycles. The third-order valence-corrected chi connectivity index (χ3v) is 3.33. The Morgan fingerprint density at radius 1 is 1.25 bits per heavy atom. The topological polar surface area (TPSA) is 21.3 Å². The second-order valence-electron chi connectivity index (χ2n) is 3.80. The van der Waals surface area contributed by atoms with Gasteiger partial charge in [0.1, 0.15) is 6.61 Å². The van der Waals surface area contributed by atoms with Gasteiger partial charge in [0, 0.05) is 11.1 Å². The normalized spacial score (nSPS) is 20.1. The van der Waals surface area contributed by atoms with Gasteiger partial charge in [-0.2, -0.15) is 0 Å². The van der Waals surface area contributed by atoms with Crippen molar-refractivity contribution in [2.75, 3.05) is 13.2 Å². The number of hydrogen-bond donors (Lipinski definition) is 1. The summed E-state index contributed by atoms with van der Waals surface area (Å²) in [5.74, 6) is 0.515. The standard InChI is InChI=1S/C11H12Cl3NO/c12-7-4-9(13)11(10(14)5-7)16-6-8-2-1-3-15-8/h4-5,8,15H,1-3,6H2/t8-/m1/s1. The molecule has 0 unspecified atom stereocenters. The lowest BCUT2D eigenvalue weighted by Crippen LogP contribution is -2.28. The lowest BCUT2D eigenvalue weighted by molar-refractivity contribution is 0.277. The van der Waals surface area contributed by atoms with Crippen LogP contribution in [0.15, 0.2) is 12.1 Å². The molecule has 1 fully saturated rings. The van der Waals surface area contributed by atoms with Gasteiger partial charge in [-0.1, -0.05) is 34.8 Å². The zero-order chi connectivity index (χ0) is 11.5. The molecule has 0 amide bonds. The first kappa shape index (κ1) is 12.3. The van der Waals surface area contributed by atoms with Crippen LogP contribution in [0.1, 0.15) is 12.8 Å². The van der Waals surface area contributed by atoms with Gasteiger partial charge in [0.05, 0.1) is 10.0 Å². The van der Waals surface area contributed by atoms with Gasteiger partial charge in [-0.3, -0.25) is 0 Å². The number of halogens is 3. The Morgan fingerprint density at radius 2 is 1.94 bits per heavy atom. The van der Waals surface area contributed by atoms with Crippen LogP contribution in [0.25, 0.3) is 0 Å². The molecule has 1 N–H and O–H groups in total. The smallest absolute Gasteiger partial charge is 0.156 e. The van der Waals surface area contributed by atoms with Crippen molar-refractivity contribution >= 4 is 34.8 Å². The molecule has 1 atom stereocenters. The third kappa shape index (κ3) is 2.95. The molecule has 0 aromatic heterocycles. The first-order valence-electron chi connectivity index (χ1n) is 5.17. The summed E-state index contributed by atoms with van der Waals surface area (Å²) < 4.78 is 5.62. The molecule has 1 aromatic carbocycles. The fourth-order valence-electron chi connectivity index (χ4n) is 1.75. The summed E-state index contributed by atoms with van der Waals surface area (Å²) in [6, 6.07) is 3.65. The molecule has 88 valence electrons. The summed E-state index contributed by atoms with van der Waals surface area (Å²) in [7, 11) is 0. The fraction of sp³-hybridized carbons (Fsp3) is 0.455. The molecule has 2 rings (SSSR count). The minimum Gasteiger partial charge on any atom is -0.489 e. The molecule has 0 radical (unpaired) electrons. The van der Waals surface area contributed by atoms with Gasteiger partial charge in [0.2, 0.25) is 0 Å². The summed E-state index contributed by atoms with van der Waals surface area (Å²) in [5, 5.41) is 4.76. The quantitative estimate of drug-likeness (QED) is 0.910. The Hall–Kier alpha value is -0.150. The molecular formula is C11H12Cl3NO. The van der Waals surface area contributed by atoms with Crippen LogP contribution in [-0.2, 0) is 0 Å². The molecule has 0 bridgehead atoms. The average molecular weight is 281 g/mol. The molecule has 2 nitrogen and oxygen atoms in total. The summed E-state index contributed by atoms with van der Waals surface area (Å²) in [6.45, 7) is 1.64. The lowest BCUT2D eigenvalue weighted by atomic mass is 10.2. The highest BCUT2D eigenvalue weighted by molar-refractivity contribution is 6.40. The number of nitrogens with one attached hydrogen (secondary N) is 1. The van der Waals surface area contributed by atoms with E-state index in [1.165, 1.54) is 6.42 Å². The van der Waals surface area contributed by atoms with Crippen molar-refractivity contribution in [2.24, 2.45) is 0 Å². The second kappa shape index (κ2) is 5.46. The molecule has 0 spiro atoms. The predicted molar refractivity (Wildman–Crippen MR) is 68.0 cm³/mol. The maximum Gasteiger partial charge on any atom is 0.156 e. The highest BCUT2D eigenvalue weighted by Crippen LogP contribution is 2.35. The minimum absolute atomic E-state index is 0.391. The second-order valence-corrected chi connectivity index (χ2v) is 5.05. The Bertz CT molecular complexity index is 354. The third-order valence-electron chi connectivity index (χ3n) is 2.55. The van der Waals surface area contributed by atoms with E-state index in [0.29, 0.717) is 33.5 Å². The molecule has 1 aromatic rings. The first-order valence-corrected chi connectivity index (χ1v) is 6.31. The number of ether oxygens (including phenoxy) is 1. The van der Waals surface area contributed by atoms with Crippen molar-refractivity contribution < 1.29 is 4.74 Å². The summed E-state index contributed by atoms with van der Waals surface area (Å²) in [5.41, 5.74) is 0. The fourth-order valence-corrected chi connectivity index (χ4v) is 2.68. The molecule has 1 saturated heterocycles. The van der Waals surface area contributed by atoms with Crippen molar-refractivity contribution in [1.82, 2.24) is 5.32 Å². The predicted octanol–water partition coefficient (Wildman–Crippen LogP) is 3.78. The highest BCUT2D eigenvalue weighted by atomic mass is 35.5. The van der Waals surface area contributed by atoms with Gasteiger partial charge in [0.25, 0.3) is 0 Å². The van der Waals surface area contributed by atoms with E-state index in [0.717, 1.165) is 13.0 Å². The van der Waals surface area contributed by atoms with Gasteiger partial charge in [-0.05, 0) is 31.5 Å². The molecule has 1 aliphatic rings. The monoisotopic (exact) mass is 279 g/mol. The van der Waals surface area contributed by atoms with E-state index in [9.17, 15) is 0 Å². The zero-order valence-electron chi connectivity index (χ0n) is 8.60. The average Bonchev–Trinajstić information content (AvgIpc) is 2.68. The van der Waals surface area contributed by atoms with E-state index in [2.05, 4.69) is 5.32 Å². The SMILES string of the molecule is Clc1cc(Cl)c(OC[C@H]2CCCN2)c(Cl)c1. The van der Waals surface area contributed by atoms with Crippen LogP contribution in [0.4, 0.5) is 0 Å². The van der Waals surface area contributed by atoms with E-state index in [1.807, 2.05) is 0 Å². The van der Waals surface area contributed by atoms with Crippen molar-refractivity contribution in [3.05, 3.63) is 27.2 Å². The van der Waals surface area contributed by atoms with Crippen LogP contribution >= 0.6 is 34.8 Å². The molecule has 0 aliphatic carbocycles. The largest absolute Gasteiger partial charge is 0.489 e. The van der Waals surface area contributed by atoms with E-state index < -0.39 is 0 Å². The number of hydrogen-bond acceptors (Lipinski definition) is 2. The van der Waals surface area contributed by atoms with Crippen LogP contribution in [0.5, 0.6) is 5.75 Å². The van der Waals surface area contributed by atoms with Gasteiger partial charge in [0.15, 0.2) is 5.75 Å². The van der Waals surface area contributed by atoms with E-state index in [4.69, 9.17) is 39.5 Å². The molecular weight excluding hydrogens is 268 g/mol. The number of benzene rings is 1. The maximum absolute atomic E-state index is 6.01. The van der Waals surface area contributed by atoms with Crippen molar-refractivity contribution in [1.29, 1.82) is 0 Å². The van der Waals surface area contributed by atoms with Crippen molar-refractivity contribution in [3.8, 4) is 5.75 Å². The van der Waals surface area contributed by atoms with Gasteiger partial charge in [-0.25, -0.2) is 0 Å². The van der Waals surface area contributed by atoms with Gasteiger partial charge >= 0.3 is 0 Å². The summed E-state index contributed by atoms with van der Waals surface area (Å²) in [4.78, 5) is 0. The van der Waals surface area contributed by atoms with E-state index in [-0.39, 0.29) is 0 Å². The van der Waals surface area contributed by atoms with Gasteiger partial charge in [-0.15, -0.1) is 0 Å². The summed E-state index contributed by atoms with van der Waals surface area (Å²) in [6.07, 6.45) is 2.32. The van der Waals surface area contributed by atoms with Crippen LogP contribution < -0.4 is 10.1 Å². The lowest BCUT2D eigenvalue weighted by Gasteiger charge is -2.14. The van der Waals surface area contributed by atoms with Crippen LogP contribution in [0.3, 0.4) is 0 Å². The van der Waals surface area contributed by atoms with Crippen molar-refractivity contribution in [3.63, 3.8) is 0 Å².